The summed E-state index contributed by atoms with van der Waals surface area (Å²) < 4.78 is 13.2. The molecule has 0 bridgehead atoms. The molecule has 240 valence electrons. The molecule has 0 unspecified atom stereocenters. The van der Waals surface area contributed by atoms with Crippen molar-refractivity contribution in [3.05, 3.63) is 106 Å². The van der Waals surface area contributed by atoms with Gasteiger partial charge in [-0.25, -0.2) is 4.98 Å². The van der Waals surface area contributed by atoms with Crippen molar-refractivity contribution in [1.82, 2.24) is 24.8 Å². The normalized spacial score (nSPS) is 11.0. The summed E-state index contributed by atoms with van der Waals surface area (Å²) in [5, 5.41) is 5.80. The molecule has 5 rings (SSSR count). The minimum atomic E-state index is -0.500. The van der Waals surface area contributed by atoms with Crippen LogP contribution >= 0.6 is 23.2 Å². The van der Waals surface area contributed by atoms with Gasteiger partial charge in [0.05, 0.1) is 29.9 Å². The van der Waals surface area contributed by atoms with E-state index in [0.717, 1.165) is 5.52 Å². The summed E-state index contributed by atoms with van der Waals surface area (Å²) in [5.74, 6) is -0.414. The number of carbonyl (C=O) groups excluding carboxylic acids is 3. The van der Waals surface area contributed by atoms with E-state index in [1.165, 1.54) is 29.3 Å². The molecular formula is C33H29Cl2N7O5. The molecule has 0 aliphatic carbocycles. The number of nitrogens with zero attached hydrogens (tertiary/aromatic N) is 5. The van der Waals surface area contributed by atoms with Gasteiger partial charge in [0, 0.05) is 43.2 Å². The lowest BCUT2D eigenvalue weighted by Crippen LogP contribution is -2.37. The molecule has 47 heavy (non-hydrogen) atoms. The average Bonchev–Trinajstić information content (AvgIpc) is 3.42. The third-order valence-electron chi connectivity index (χ3n) is 7.06. The lowest BCUT2D eigenvalue weighted by molar-refractivity contribution is -0.122. The van der Waals surface area contributed by atoms with E-state index >= 15 is 0 Å². The lowest BCUT2D eigenvalue weighted by atomic mass is 10.2. The Hall–Kier alpha value is -5.46. The summed E-state index contributed by atoms with van der Waals surface area (Å²) in [5.41, 5.74) is 3.08. The molecule has 5 aromatic rings. The Balaban J connectivity index is 1.17. The van der Waals surface area contributed by atoms with E-state index in [1.807, 2.05) is 19.2 Å². The Kier molecular flexibility index (Phi) is 10.3. The number of rotatable bonds is 11. The number of likely N-dealkylation sites (N-methyl/N-ethyl adjacent to an activating group) is 1. The summed E-state index contributed by atoms with van der Waals surface area (Å²) in [6, 6.07) is 17.5. The van der Waals surface area contributed by atoms with Crippen LogP contribution in [-0.2, 0) is 23.2 Å². The van der Waals surface area contributed by atoms with Gasteiger partial charge >= 0.3 is 0 Å². The van der Waals surface area contributed by atoms with E-state index in [2.05, 4.69) is 25.6 Å². The zero-order valence-electron chi connectivity index (χ0n) is 25.5. The quantitative estimate of drug-likeness (QED) is 0.180. The minimum Gasteiger partial charge on any atom is -0.486 e. The van der Waals surface area contributed by atoms with Crippen LogP contribution in [0.5, 0.6) is 11.8 Å². The van der Waals surface area contributed by atoms with Crippen molar-refractivity contribution in [3.63, 3.8) is 0 Å². The first-order chi connectivity index (χ1) is 22.7. The van der Waals surface area contributed by atoms with Crippen molar-refractivity contribution in [2.24, 2.45) is 7.05 Å². The predicted octanol–water partition coefficient (Wildman–Crippen LogP) is 5.30. The number of fused-ring (bicyclic) bond motifs is 1. The first kappa shape index (κ1) is 32.9. The third-order valence-corrected chi connectivity index (χ3v) is 7.83. The fourth-order valence-electron chi connectivity index (χ4n) is 4.49. The molecule has 3 amide bonds. The van der Waals surface area contributed by atoms with E-state index in [1.54, 1.807) is 67.4 Å². The summed E-state index contributed by atoms with van der Waals surface area (Å²) in [6.07, 6.45) is 5.80. The smallest absolute Gasteiger partial charge is 0.296 e. The Morgan fingerprint density at radius 3 is 2.57 bits per heavy atom. The molecule has 14 heteroatoms. The number of hydrogen-bond acceptors (Lipinski definition) is 8. The van der Waals surface area contributed by atoms with Crippen LogP contribution < -0.4 is 25.0 Å². The number of amides is 3. The largest absolute Gasteiger partial charge is 0.486 e. The van der Waals surface area contributed by atoms with E-state index in [-0.39, 0.29) is 23.9 Å². The summed E-state index contributed by atoms with van der Waals surface area (Å²) in [6.45, 7) is -0.281. The van der Waals surface area contributed by atoms with Crippen LogP contribution in [0.25, 0.3) is 17.1 Å². The highest BCUT2D eigenvalue weighted by Gasteiger charge is 2.20. The first-order valence-corrected chi connectivity index (χ1v) is 14.9. The van der Waals surface area contributed by atoms with E-state index < -0.39 is 17.7 Å². The predicted molar refractivity (Wildman–Crippen MR) is 180 cm³/mol. The van der Waals surface area contributed by atoms with Gasteiger partial charge in [-0.1, -0.05) is 41.4 Å². The number of aromatic nitrogens is 4. The number of hydrogen-bond donors (Lipinski definition) is 2. The molecule has 2 aromatic carbocycles. The average molecular weight is 675 g/mol. The zero-order chi connectivity index (χ0) is 33.5. The summed E-state index contributed by atoms with van der Waals surface area (Å²) in [7, 11) is 4.92. The highest BCUT2D eigenvalue weighted by Crippen LogP contribution is 2.35. The maximum absolute atomic E-state index is 13.0. The molecule has 3 heterocycles. The topological polar surface area (TPSA) is 141 Å². The van der Waals surface area contributed by atoms with Crippen molar-refractivity contribution in [1.29, 1.82) is 0 Å². The molecule has 0 spiro atoms. The Morgan fingerprint density at radius 1 is 1.02 bits per heavy atom. The number of carbonyl (C=O) groups is 3. The van der Waals surface area contributed by atoms with E-state index in [9.17, 15) is 14.4 Å². The number of nitrogens with one attached hydrogen (secondary N) is 2. The highest BCUT2D eigenvalue weighted by atomic mass is 35.5. The van der Waals surface area contributed by atoms with Crippen LogP contribution in [0.4, 0.5) is 11.5 Å². The number of pyridine rings is 2. The van der Waals surface area contributed by atoms with Crippen LogP contribution in [0.2, 0.25) is 10.0 Å². The van der Waals surface area contributed by atoms with Gasteiger partial charge < -0.3 is 25.0 Å². The van der Waals surface area contributed by atoms with Crippen molar-refractivity contribution in [2.75, 3.05) is 30.9 Å². The number of imidazole rings is 1. The fourth-order valence-corrected chi connectivity index (χ4v) is 5.10. The van der Waals surface area contributed by atoms with Gasteiger partial charge in [0.25, 0.3) is 11.9 Å². The maximum Gasteiger partial charge on any atom is 0.296 e. The fraction of sp³-hybridized carbons (Fsp3) is 0.152. The van der Waals surface area contributed by atoms with Crippen molar-refractivity contribution >= 4 is 69.5 Å². The molecule has 0 saturated carbocycles. The molecular weight excluding hydrogens is 645 g/mol. The van der Waals surface area contributed by atoms with E-state index in [4.69, 9.17) is 32.7 Å². The number of para-hydroxylation sites is 1. The molecule has 12 nitrogen and oxygen atoms in total. The third kappa shape index (κ3) is 7.68. The first-order valence-electron chi connectivity index (χ1n) is 14.2. The molecule has 0 radical (unpaired) electrons. The molecule has 0 saturated heterocycles. The van der Waals surface area contributed by atoms with Gasteiger partial charge in [-0.3, -0.25) is 23.9 Å². The van der Waals surface area contributed by atoms with E-state index in [0.29, 0.717) is 44.9 Å². The summed E-state index contributed by atoms with van der Waals surface area (Å²) in [4.78, 5) is 51.8. The standard InChI is InChI=1S/C33H29Cl2N7O5/c1-41(24-14-12-22(34)21(30(24)35)19-47-26-8-6-7-25-31(26)40-33(46-3)42(25)2)29(44)18-38-28(43)15-11-20-10-13-23(37-17-20)32(45)39-27-9-4-5-16-36-27/h4-17H,18-19H2,1-3H3,(H,38,43)(H,36,39,45). The lowest BCUT2D eigenvalue weighted by Gasteiger charge is -2.21. The van der Waals surface area contributed by atoms with Crippen LogP contribution in [0.15, 0.2) is 79.1 Å². The number of methoxy groups -OCH3 is 1. The van der Waals surface area contributed by atoms with Gasteiger partial charge in [0.2, 0.25) is 11.8 Å². The second-order valence-corrected chi connectivity index (χ2v) is 10.9. The maximum atomic E-state index is 13.0. The van der Waals surface area contributed by atoms with Gasteiger partial charge in [0.1, 0.15) is 29.4 Å². The van der Waals surface area contributed by atoms with Crippen molar-refractivity contribution in [2.45, 2.75) is 6.61 Å². The van der Waals surface area contributed by atoms with Crippen LogP contribution in [0.1, 0.15) is 21.6 Å². The second-order valence-electron chi connectivity index (χ2n) is 10.1. The minimum absolute atomic E-state index is 0.0117. The summed E-state index contributed by atoms with van der Waals surface area (Å²) >= 11 is 13.2. The van der Waals surface area contributed by atoms with Gasteiger partial charge in [-0.05, 0) is 54.1 Å². The van der Waals surface area contributed by atoms with Crippen LogP contribution in [0, 0.1) is 0 Å². The molecule has 0 aliphatic heterocycles. The van der Waals surface area contributed by atoms with Crippen LogP contribution in [0.3, 0.4) is 0 Å². The molecule has 0 fully saturated rings. The van der Waals surface area contributed by atoms with Crippen molar-refractivity contribution in [3.8, 4) is 11.8 Å². The number of anilines is 2. The number of benzene rings is 2. The Bertz CT molecular complexity index is 1960. The highest BCUT2D eigenvalue weighted by molar-refractivity contribution is 6.38. The molecule has 0 atom stereocenters. The molecule has 2 N–H and O–H groups in total. The monoisotopic (exact) mass is 673 g/mol. The van der Waals surface area contributed by atoms with Gasteiger partial charge in [0.15, 0.2) is 0 Å². The molecule has 3 aromatic heterocycles. The number of halogens is 2. The second kappa shape index (κ2) is 14.8. The molecule has 0 aliphatic rings. The van der Waals surface area contributed by atoms with Gasteiger partial charge in [-0.2, -0.15) is 4.98 Å². The number of aryl methyl sites for hydroxylation is 1. The SMILES string of the molecule is COc1nc2c(OCc3c(Cl)ccc(N(C)C(=O)CNC(=O)C=Cc4ccc(C(=O)Nc5ccccn5)nc4)c3Cl)cccc2n1C. The van der Waals surface area contributed by atoms with Gasteiger partial charge in [-0.15, -0.1) is 0 Å². The zero-order valence-corrected chi connectivity index (χ0v) is 27.0. The Labute approximate surface area is 279 Å². The number of ether oxygens (including phenoxy) is 2. The Morgan fingerprint density at radius 2 is 1.85 bits per heavy atom. The van der Waals surface area contributed by atoms with Crippen molar-refractivity contribution < 1.29 is 23.9 Å². The van der Waals surface area contributed by atoms with Crippen LogP contribution in [-0.4, -0.2) is 57.9 Å².